The van der Waals surface area contributed by atoms with Gasteiger partial charge in [0.1, 0.15) is 5.82 Å². The minimum atomic E-state index is -0.892. The molecular weight excluding hydrogens is 156 g/mol. The Morgan fingerprint density at radius 3 is 2.92 bits per heavy atom. The molecule has 0 fully saturated rings. The number of aromatic nitrogens is 1. The molecule has 0 saturated heterocycles. The van der Waals surface area contributed by atoms with Crippen LogP contribution >= 0.6 is 0 Å². The number of rotatable bonds is 2. The molecule has 3 N–H and O–H groups in total. The Morgan fingerprint density at radius 1 is 1.67 bits per heavy atom. The Balaban J connectivity index is 2.97. The first-order chi connectivity index (χ1) is 5.59. The molecule has 0 saturated carbocycles. The van der Waals surface area contributed by atoms with Crippen LogP contribution in [0.3, 0.4) is 0 Å². The van der Waals surface area contributed by atoms with Crippen molar-refractivity contribution in [2.24, 2.45) is 0 Å². The van der Waals surface area contributed by atoms with Crippen molar-refractivity contribution in [3.8, 4) is 0 Å². The molecule has 0 spiro atoms. The zero-order valence-electron chi connectivity index (χ0n) is 6.74. The highest BCUT2D eigenvalue weighted by Crippen LogP contribution is 2.07. The van der Waals surface area contributed by atoms with Gasteiger partial charge in [0, 0.05) is 0 Å². The topological polar surface area (TPSA) is 76.2 Å². The Kier molecular flexibility index (Phi) is 2.28. The van der Waals surface area contributed by atoms with Gasteiger partial charge in [-0.15, -0.1) is 0 Å². The zero-order valence-corrected chi connectivity index (χ0v) is 6.74. The summed E-state index contributed by atoms with van der Waals surface area (Å²) in [6.45, 7) is 1.81. The molecule has 0 radical (unpaired) electrons. The highest BCUT2D eigenvalue weighted by Gasteiger charge is 2.05. The molecule has 0 unspecified atom stereocenters. The minimum absolute atomic E-state index is 0.0725. The van der Waals surface area contributed by atoms with Crippen LogP contribution < -0.4 is 5.73 Å². The third kappa shape index (κ3) is 1.95. The SMILES string of the molecule is Cc1ccc(N)nc1CC(=O)O. The van der Waals surface area contributed by atoms with E-state index in [4.69, 9.17) is 10.8 Å². The Labute approximate surface area is 70.0 Å². The van der Waals surface area contributed by atoms with Crippen molar-refractivity contribution in [3.05, 3.63) is 23.4 Å². The predicted octanol–water partition coefficient (Wildman–Crippen LogP) is 0.599. The highest BCUT2D eigenvalue weighted by atomic mass is 16.4. The van der Waals surface area contributed by atoms with E-state index in [1.165, 1.54) is 0 Å². The van der Waals surface area contributed by atoms with Crippen LogP contribution in [-0.2, 0) is 11.2 Å². The van der Waals surface area contributed by atoms with Gasteiger partial charge in [-0.3, -0.25) is 4.79 Å². The number of nitrogens with zero attached hydrogens (tertiary/aromatic N) is 1. The molecule has 0 amide bonds. The number of aliphatic carboxylic acids is 1. The lowest BCUT2D eigenvalue weighted by Gasteiger charge is -2.01. The van der Waals surface area contributed by atoms with Gasteiger partial charge in [-0.1, -0.05) is 6.07 Å². The predicted molar refractivity (Wildman–Crippen MR) is 44.7 cm³/mol. The zero-order chi connectivity index (χ0) is 9.14. The molecule has 1 rings (SSSR count). The van der Waals surface area contributed by atoms with Crippen molar-refractivity contribution in [2.45, 2.75) is 13.3 Å². The second-order valence-corrected chi connectivity index (χ2v) is 2.57. The lowest BCUT2D eigenvalue weighted by molar-refractivity contribution is -0.136. The van der Waals surface area contributed by atoms with Gasteiger partial charge in [0.25, 0.3) is 0 Å². The summed E-state index contributed by atoms with van der Waals surface area (Å²) in [5, 5.41) is 8.50. The van der Waals surface area contributed by atoms with Crippen molar-refractivity contribution in [2.75, 3.05) is 5.73 Å². The molecule has 4 heteroatoms. The lowest BCUT2D eigenvalue weighted by Crippen LogP contribution is -2.05. The Bertz CT molecular complexity index is 310. The highest BCUT2D eigenvalue weighted by molar-refractivity contribution is 5.70. The quantitative estimate of drug-likeness (QED) is 0.674. The molecule has 1 aromatic heterocycles. The molecule has 12 heavy (non-hydrogen) atoms. The third-order valence-electron chi connectivity index (χ3n) is 1.54. The van der Waals surface area contributed by atoms with E-state index < -0.39 is 5.97 Å². The molecule has 1 heterocycles. The number of carbonyl (C=O) groups is 1. The van der Waals surface area contributed by atoms with Gasteiger partial charge >= 0.3 is 5.97 Å². The Hall–Kier alpha value is -1.58. The van der Waals surface area contributed by atoms with Crippen LogP contribution in [0.5, 0.6) is 0 Å². The molecule has 0 aliphatic rings. The largest absolute Gasteiger partial charge is 0.481 e. The van der Waals surface area contributed by atoms with Crippen molar-refractivity contribution in [1.29, 1.82) is 0 Å². The number of carboxylic acid groups (broad SMARTS) is 1. The van der Waals surface area contributed by atoms with E-state index in [2.05, 4.69) is 4.98 Å². The van der Waals surface area contributed by atoms with Gasteiger partial charge in [0.15, 0.2) is 0 Å². The molecule has 4 nitrogen and oxygen atoms in total. The van der Waals surface area contributed by atoms with Crippen molar-refractivity contribution < 1.29 is 9.90 Å². The lowest BCUT2D eigenvalue weighted by atomic mass is 10.1. The molecule has 0 aliphatic heterocycles. The first kappa shape index (κ1) is 8.52. The number of nitrogen functional groups attached to an aromatic ring is 1. The fourth-order valence-electron chi connectivity index (χ4n) is 0.910. The maximum Gasteiger partial charge on any atom is 0.309 e. The van der Waals surface area contributed by atoms with Crippen molar-refractivity contribution >= 4 is 11.8 Å². The number of aryl methyl sites for hydroxylation is 1. The van der Waals surface area contributed by atoms with Crippen LogP contribution in [0.2, 0.25) is 0 Å². The van der Waals surface area contributed by atoms with E-state index in [9.17, 15) is 4.79 Å². The molecule has 0 aromatic carbocycles. The smallest absolute Gasteiger partial charge is 0.309 e. The number of hydrogen-bond acceptors (Lipinski definition) is 3. The standard InChI is InChI=1S/C8H10N2O2/c1-5-2-3-7(9)10-6(5)4-8(11)12/h2-3H,4H2,1H3,(H2,9,10)(H,11,12). The van der Waals surface area contributed by atoms with Crippen LogP contribution in [-0.4, -0.2) is 16.1 Å². The summed E-state index contributed by atoms with van der Waals surface area (Å²) in [5.41, 5.74) is 6.78. The molecule has 1 aromatic rings. The normalized spacial score (nSPS) is 9.75. The monoisotopic (exact) mass is 166 g/mol. The van der Waals surface area contributed by atoms with Crippen molar-refractivity contribution in [3.63, 3.8) is 0 Å². The average molecular weight is 166 g/mol. The van der Waals surface area contributed by atoms with Crippen LogP contribution in [0.1, 0.15) is 11.3 Å². The van der Waals surface area contributed by atoms with Crippen molar-refractivity contribution in [1.82, 2.24) is 4.98 Å². The fourth-order valence-corrected chi connectivity index (χ4v) is 0.910. The summed E-state index contributed by atoms with van der Waals surface area (Å²) < 4.78 is 0. The number of anilines is 1. The van der Waals surface area contributed by atoms with Gasteiger partial charge in [-0.25, -0.2) is 4.98 Å². The average Bonchev–Trinajstić information content (AvgIpc) is 1.96. The summed E-state index contributed by atoms with van der Waals surface area (Å²) in [7, 11) is 0. The minimum Gasteiger partial charge on any atom is -0.481 e. The van der Waals surface area contributed by atoms with Gasteiger partial charge in [-0.2, -0.15) is 0 Å². The number of carboxylic acids is 1. The van der Waals surface area contributed by atoms with Gasteiger partial charge in [-0.05, 0) is 18.6 Å². The van der Waals surface area contributed by atoms with E-state index in [0.29, 0.717) is 11.5 Å². The molecule has 0 aliphatic carbocycles. The van der Waals surface area contributed by atoms with E-state index in [-0.39, 0.29) is 6.42 Å². The first-order valence-corrected chi connectivity index (χ1v) is 3.53. The molecule has 0 bridgehead atoms. The molecule has 0 atom stereocenters. The third-order valence-corrected chi connectivity index (χ3v) is 1.54. The second-order valence-electron chi connectivity index (χ2n) is 2.57. The summed E-state index contributed by atoms with van der Waals surface area (Å²) >= 11 is 0. The van der Waals surface area contributed by atoms with E-state index in [1.54, 1.807) is 12.1 Å². The van der Waals surface area contributed by atoms with Crippen LogP contribution in [0.4, 0.5) is 5.82 Å². The van der Waals surface area contributed by atoms with E-state index >= 15 is 0 Å². The maximum absolute atomic E-state index is 10.4. The summed E-state index contributed by atoms with van der Waals surface area (Å²) in [6, 6.07) is 3.42. The van der Waals surface area contributed by atoms with Gasteiger partial charge in [0.2, 0.25) is 0 Å². The molecular formula is C8H10N2O2. The molecule has 64 valence electrons. The van der Waals surface area contributed by atoms with Crippen LogP contribution in [0, 0.1) is 6.92 Å². The number of nitrogens with two attached hydrogens (primary N) is 1. The van der Waals surface area contributed by atoms with Crippen LogP contribution in [0.15, 0.2) is 12.1 Å². The summed E-state index contributed by atoms with van der Waals surface area (Å²) in [4.78, 5) is 14.3. The van der Waals surface area contributed by atoms with Crippen LogP contribution in [0.25, 0.3) is 0 Å². The summed E-state index contributed by atoms with van der Waals surface area (Å²) in [5.74, 6) is -0.534. The number of pyridine rings is 1. The van der Waals surface area contributed by atoms with E-state index in [0.717, 1.165) is 5.56 Å². The first-order valence-electron chi connectivity index (χ1n) is 3.53. The second kappa shape index (κ2) is 3.21. The number of hydrogen-bond donors (Lipinski definition) is 2. The fraction of sp³-hybridized carbons (Fsp3) is 0.250. The maximum atomic E-state index is 10.4. The van der Waals surface area contributed by atoms with Gasteiger partial charge in [0.05, 0.1) is 12.1 Å². The van der Waals surface area contributed by atoms with Gasteiger partial charge < -0.3 is 10.8 Å². The Morgan fingerprint density at radius 2 is 2.33 bits per heavy atom. The van der Waals surface area contributed by atoms with E-state index in [1.807, 2.05) is 6.92 Å². The summed E-state index contributed by atoms with van der Waals surface area (Å²) in [6.07, 6.45) is -0.0725.